The van der Waals surface area contributed by atoms with Crippen molar-refractivity contribution >= 4 is 5.97 Å². The zero-order chi connectivity index (χ0) is 20.0. The van der Waals surface area contributed by atoms with Crippen molar-refractivity contribution in [2.45, 2.75) is 115 Å². The summed E-state index contributed by atoms with van der Waals surface area (Å²) in [5, 5.41) is 23.1. The summed E-state index contributed by atoms with van der Waals surface area (Å²) in [6.07, 6.45) is 15.7. The minimum absolute atomic E-state index is 0.0182. The summed E-state index contributed by atoms with van der Waals surface area (Å²) in [5.74, 6) is -0.818. The van der Waals surface area contributed by atoms with E-state index in [9.17, 15) is 15.0 Å². The van der Waals surface area contributed by atoms with Crippen LogP contribution in [0.2, 0.25) is 0 Å². The molecule has 2 unspecified atom stereocenters. The van der Waals surface area contributed by atoms with Crippen LogP contribution in [0.5, 0.6) is 0 Å². The molecule has 2 atom stereocenters. The summed E-state index contributed by atoms with van der Waals surface area (Å²) >= 11 is 0. The van der Waals surface area contributed by atoms with E-state index in [0.717, 1.165) is 32.4 Å². The maximum Gasteiger partial charge on any atom is 0.305 e. The second kappa shape index (κ2) is 14.4. The van der Waals surface area contributed by atoms with Gasteiger partial charge in [-0.05, 0) is 13.3 Å². The molecule has 5 nitrogen and oxygen atoms in total. The fraction of sp³-hybridized carbons (Fsp3) is 0.955. The van der Waals surface area contributed by atoms with Crippen LogP contribution in [-0.4, -0.2) is 52.5 Å². The molecule has 0 aliphatic carbocycles. The van der Waals surface area contributed by atoms with Gasteiger partial charge in [0.25, 0.3) is 0 Å². The van der Waals surface area contributed by atoms with Crippen LogP contribution < -0.4 is 5.32 Å². The van der Waals surface area contributed by atoms with Gasteiger partial charge in [-0.1, -0.05) is 84.0 Å². The Balaban J connectivity index is 2.21. The highest BCUT2D eigenvalue weighted by atomic mass is 16.4. The molecular weight excluding hydrogens is 340 g/mol. The molecule has 0 aromatic rings. The van der Waals surface area contributed by atoms with Crippen LogP contribution in [0.3, 0.4) is 0 Å². The second-order valence-corrected chi connectivity index (χ2v) is 8.41. The Morgan fingerprint density at radius 1 is 1.00 bits per heavy atom. The highest BCUT2D eigenvalue weighted by Gasteiger charge is 2.43. The van der Waals surface area contributed by atoms with Crippen LogP contribution in [0.4, 0.5) is 0 Å². The molecule has 1 rings (SSSR count). The molecule has 27 heavy (non-hydrogen) atoms. The van der Waals surface area contributed by atoms with Crippen molar-refractivity contribution in [1.29, 1.82) is 0 Å². The number of nitrogens with zero attached hydrogens (tertiary/aromatic N) is 1. The molecule has 160 valence electrons. The van der Waals surface area contributed by atoms with Gasteiger partial charge in [0.05, 0.1) is 18.1 Å². The summed E-state index contributed by atoms with van der Waals surface area (Å²) < 4.78 is 0. The van der Waals surface area contributed by atoms with E-state index in [2.05, 4.69) is 17.1 Å². The van der Waals surface area contributed by atoms with Crippen molar-refractivity contribution in [2.75, 3.05) is 19.8 Å². The van der Waals surface area contributed by atoms with Crippen LogP contribution in [0, 0.1) is 0 Å². The number of nitrogens with one attached hydrogen (secondary N) is 1. The van der Waals surface area contributed by atoms with Crippen molar-refractivity contribution < 1.29 is 15.0 Å². The number of aliphatic hydroxyl groups excluding tert-OH is 1. The smallest absolute Gasteiger partial charge is 0.305 e. The maximum atomic E-state index is 11.4. The number of hydrogen-bond donors (Lipinski definition) is 3. The first kappa shape index (κ1) is 24.4. The van der Waals surface area contributed by atoms with Crippen LogP contribution in [0.1, 0.15) is 104 Å². The zero-order valence-electron chi connectivity index (χ0n) is 17.8. The van der Waals surface area contributed by atoms with Gasteiger partial charge in [-0.3, -0.25) is 9.69 Å². The van der Waals surface area contributed by atoms with Crippen molar-refractivity contribution in [2.24, 2.45) is 0 Å². The number of unbranched alkanes of at least 4 members (excludes halogenated alkanes) is 11. The van der Waals surface area contributed by atoms with Crippen LogP contribution in [0.25, 0.3) is 0 Å². The molecule has 1 saturated heterocycles. The van der Waals surface area contributed by atoms with E-state index in [4.69, 9.17) is 0 Å². The molecule has 0 amide bonds. The monoisotopic (exact) mass is 384 g/mol. The van der Waals surface area contributed by atoms with Crippen LogP contribution >= 0.6 is 0 Å². The number of aliphatic carboxylic acids is 1. The van der Waals surface area contributed by atoms with Gasteiger partial charge in [-0.15, -0.1) is 0 Å². The number of carboxylic acid groups (broad SMARTS) is 1. The number of aliphatic hydroxyl groups is 1. The fourth-order valence-electron chi connectivity index (χ4n) is 4.40. The molecule has 1 aliphatic rings. The lowest BCUT2D eigenvalue weighted by molar-refractivity contribution is -0.143. The first-order chi connectivity index (χ1) is 13.0. The van der Waals surface area contributed by atoms with Crippen molar-refractivity contribution in [1.82, 2.24) is 10.2 Å². The molecule has 0 aromatic heterocycles. The van der Waals surface area contributed by atoms with E-state index < -0.39 is 17.6 Å². The molecule has 1 heterocycles. The van der Waals surface area contributed by atoms with E-state index in [1.54, 1.807) is 6.92 Å². The Morgan fingerprint density at radius 3 is 1.93 bits per heavy atom. The highest BCUT2D eigenvalue weighted by molar-refractivity contribution is 5.68. The van der Waals surface area contributed by atoms with Crippen LogP contribution in [0.15, 0.2) is 0 Å². The molecule has 1 fully saturated rings. The first-order valence-electron chi connectivity index (χ1n) is 11.4. The van der Waals surface area contributed by atoms with E-state index >= 15 is 0 Å². The Bertz CT molecular complexity index is 384. The van der Waals surface area contributed by atoms with E-state index in [0.29, 0.717) is 6.67 Å². The molecule has 0 bridgehead atoms. The van der Waals surface area contributed by atoms with Crippen molar-refractivity contribution in [3.8, 4) is 0 Å². The van der Waals surface area contributed by atoms with Gasteiger partial charge in [0, 0.05) is 19.8 Å². The largest absolute Gasteiger partial charge is 0.481 e. The normalized spacial score (nSPS) is 18.5. The summed E-state index contributed by atoms with van der Waals surface area (Å²) in [6, 6.07) is 0. The molecule has 3 N–H and O–H groups in total. The number of carboxylic acids is 1. The molecule has 0 radical (unpaired) electrons. The predicted molar refractivity (Wildman–Crippen MR) is 112 cm³/mol. The van der Waals surface area contributed by atoms with Gasteiger partial charge in [-0.2, -0.15) is 0 Å². The van der Waals surface area contributed by atoms with Gasteiger partial charge in [-0.25, -0.2) is 0 Å². The number of rotatable bonds is 17. The van der Waals surface area contributed by atoms with E-state index in [1.165, 1.54) is 64.2 Å². The lowest BCUT2D eigenvalue weighted by Gasteiger charge is -2.43. The quantitative estimate of drug-likeness (QED) is 0.321. The van der Waals surface area contributed by atoms with Gasteiger partial charge in [0.2, 0.25) is 0 Å². The second-order valence-electron chi connectivity index (χ2n) is 8.41. The fourth-order valence-corrected chi connectivity index (χ4v) is 4.40. The third-order valence-corrected chi connectivity index (χ3v) is 6.19. The predicted octanol–water partition coefficient (Wildman–Crippen LogP) is 4.53. The number of carbonyl (C=O) groups is 1. The highest BCUT2D eigenvalue weighted by Crippen LogP contribution is 2.31. The summed E-state index contributed by atoms with van der Waals surface area (Å²) in [5.41, 5.74) is -0.631. The summed E-state index contributed by atoms with van der Waals surface area (Å²) in [6.45, 7) is 6.37. The Hall–Kier alpha value is -0.650. The first-order valence-corrected chi connectivity index (χ1v) is 11.4. The topological polar surface area (TPSA) is 72.8 Å². The standard InChI is InChI=1S/C22H44N2O3/c1-3-4-5-6-7-8-9-10-11-12-13-14-15-22(20(2)25,18-21(26)27)24-17-16-23-19-24/h20,23,25H,3-19H2,1-2H3,(H,26,27). The van der Waals surface area contributed by atoms with Gasteiger partial charge >= 0.3 is 5.97 Å². The molecule has 0 aromatic carbocycles. The minimum Gasteiger partial charge on any atom is -0.481 e. The van der Waals surface area contributed by atoms with Crippen molar-refractivity contribution in [3.63, 3.8) is 0 Å². The Kier molecular flexibility index (Phi) is 13.0. The van der Waals surface area contributed by atoms with Crippen molar-refractivity contribution in [3.05, 3.63) is 0 Å². The average molecular weight is 385 g/mol. The average Bonchev–Trinajstić information content (AvgIpc) is 3.16. The van der Waals surface area contributed by atoms with Gasteiger partial charge < -0.3 is 15.5 Å². The maximum absolute atomic E-state index is 11.4. The minimum atomic E-state index is -0.818. The SMILES string of the molecule is CCCCCCCCCCCCCCC(CC(=O)O)(C(C)O)N1CCNC1. The van der Waals surface area contributed by atoms with Crippen LogP contribution in [-0.2, 0) is 4.79 Å². The lowest BCUT2D eigenvalue weighted by Crippen LogP contribution is -2.56. The Labute approximate surface area is 166 Å². The third-order valence-electron chi connectivity index (χ3n) is 6.19. The third kappa shape index (κ3) is 9.40. The van der Waals surface area contributed by atoms with E-state index in [-0.39, 0.29) is 6.42 Å². The summed E-state index contributed by atoms with van der Waals surface area (Å²) in [7, 11) is 0. The molecule has 0 spiro atoms. The van der Waals surface area contributed by atoms with Gasteiger partial charge in [0.1, 0.15) is 0 Å². The molecule has 5 heteroatoms. The number of hydrogen-bond acceptors (Lipinski definition) is 4. The zero-order valence-corrected chi connectivity index (χ0v) is 17.8. The molecular formula is C22H44N2O3. The molecule has 1 aliphatic heterocycles. The molecule has 0 saturated carbocycles. The van der Waals surface area contributed by atoms with Gasteiger partial charge in [0.15, 0.2) is 0 Å². The van der Waals surface area contributed by atoms with E-state index in [1.807, 2.05) is 0 Å². The Morgan fingerprint density at radius 2 is 1.52 bits per heavy atom. The lowest BCUT2D eigenvalue weighted by atomic mass is 9.82. The summed E-state index contributed by atoms with van der Waals surface area (Å²) in [4.78, 5) is 13.6.